The fourth-order valence-corrected chi connectivity index (χ4v) is 2.94. The van der Waals surface area contributed by atoms with E-state index in [1.54, 1.807) is 5.32 Å². The van der Waals surface area contributed by atoms with Crippen LogP contribution in [-0.4, -0.2) is 35.6 Å². The SMILES string of the molecule is O=C(CNC(=O)C(F)F)c1ccc(CN(C(=O)c2ccncc2)c2cccc(F)c2)c(F)c1. The smallest absolute Gasteiger partial charge is 0.315 e. The van der Waals surface area contributed by atoms with Crippen molar-refractivity contribution < 1.29 is 31.9 Å². The topological polar surface area (TPSA) is 79.4 Å². The molecule has 1 heterocycles. The quantitative estimate of drug-likeness (QED) is 0.411. The molecule has 2 aromatic carbocycles. The molecular formula is C23H17F4N3O3. The Morgan fingerprint density at radius 2 is 1.67 bits per heavy atom. The van der Waals surface area contributed by atoms with Gasteiger partial charge in [0.25, 0.3) is 11.8 Å². The van der Waals surface area contributed by atoms with Crippen molar-refractivity contribution in [2.24, 2.45) is 0 Å². The summed E-state index contributed by atoms with van der Waals surface area (Å²) < 4.78 is 53.0. The maximum Gasteiger partial charge on any atom is 0.315 e. The number of anilines is 1. The second-order valence-electron chi connectivity index (χ2n) is 6.85. The number of amides is 2. The largest absolute Gasteiger partial charge is 0.344 e. The summed E-state index contributed by atoms with van der Waals surface area (Å²) in [6, 6.07) is 11.5. The van der Waals surface area contributed by atoms with E-state index in [-0.39, 0.29) is 28.9 Å². The normalized spacial score (nSPS) is 10.7. The van der Waals surface area contributed by atoms with E-state index in [1.165, 1.54) is 59.8 Å². The fourth-order valence-electron chi connectivity index (χ4n) is 2.94. The molecule has 0 saturated carbocycles. The van der Waals surface area contributed by atoms with E-state index >= 15 is 0 Å². The number of pyridine rings is 1. The van der Waals surface area contributed by atoms with Crippen LogP contribution in [-0.2, 0) is 11.3 Å². The molecule has 10 heteroatoms. The third kappa shape index (κ3) is 6.00. The molecule has 2 amide bonds. The molecular weight excluding hydrogens is 442 g/mol. The van der Waals surface area contributed by atoms with Crippen LogP contribution in [0.5, 0.6) is 0 Å². The zero-order chi connectivity index (χ0) is 24.0. The zero-order valence-electron chi connectivity index (χ0n) is 17.0. The van der Waals surface area contributed by atoms with Crippen molar-refractivity contribution in [3.05, 3.63) is 95.3 Å². The Hall–Kier alpha value is -4.08. The van der Waals surface area contributed by atoms with Crippen LogP contribution in [0.1, 0.15) is 26.3 Å². The number of carbonyl (C=O) groups excluding carboxylic acids is 3. The number of hydrogen-bond acceptors (Lipinski definition) is 4. The molecule has 1 aromatic heterocycles. The van der Waals surface area contributed by atoms with Gasteiger partial charge in [-0.2, -0.15) is 8.78 Å². The molecule has 0 aliphatic heterocycles. The van der Waals surface area contributed by atoms with Gasteiger partial charge in [-0.1, -0.05) is 18.2 Å². The summed E-state index contributed by atoms with van der Waals surface area (Å²) in [4.78, 5) is 41.0. The lowest BCUT2D eigenvalue weighted by atomic mass is 10.1. The van der Waals surface area contributed by atoms with E-state index in [0.717, 1.165) is 12.1 Å². The number of rotatable bonds is 8. The Kier molecular flexibility index (Phi) is 7.50. The van der Waals surface area contributed by atoms with Crippen molar-refractivity contribution in [3.8, 4) is 0 Å². The second kappa shape index (κ2) is 10.5. The number of nitrogens with zero attached hydrogens (tertiary/aromatic N) is 2. The number of carbonyl (C=O) groups is 3. The van der Waals surface area contributed by atoms with Crippen molar-refractivity contribution in [3.63, 3.8) is 0 Å². The summed E-state index contributed by atoms with van der Waals surface area (Å²) in [5.74, 6) is -4.35. The lowest BCUT2D eigenvalue weighted by Crippen LogP contribution is -2.34. The van der Waals surface area contributed by atoms with E-state index < -0.39 is 42.2 Å². The van der Waals surface area contributed by atoms with E-state index in [9.17, 15) is 31.9 Å². The van der Waals surface area contributed by atoms with Crippen molar-refractivity contribution >= 4 is 23.3 Å². The molecule has 0 saturated heterocycles. The van der Waals surface area contributed by atoms with Gasteiger partial charge in [-0.05, 0) is 36.4 Å². The van der Waals surface area contributed by atoms with Crippen LogP contribution in [0.4, 0.5) is 23.2 Å². The Morgan fingerprint density at radius 3 is 2.30 bits per heavy atom. The summed E-state index contributed by atoms with van der Waals surface area (Å²) in [6.45, 7) is -1.01. The van der Waals surface area contributed by atoms with Gasteiger partial charge in [0.2, 0.25) is 0 Å². The molecule has 0 fully saturated rings. The van der Waals surface area contributed by atoms with Crippen LogP contribution in [0.3, 0.4) is 0 Å². The number of alkyl halides is 2. The predicted molar refractivity (Wildman–Crippen MR) is 111 cm³/mol. The standard InChI is InChI=1S/C23H17F4N3O3/c24-17-2-1-3-18(11-17)30(23(33)14-6-8-28-9-7-14)13-16-5-4-15(10-19(16)25)20(31)12-29-22(32)21(26)27/h1-11,21H,12-13H2,(H,29,32). The van der Waals surface area contributed by atoms with Gasteiger partial charge in [0.05, 0.1) is 13.1 Å². The maximum absolute atomic E-state index is 14.8. The van der Waals surface area contributed by atoms with E-state index in [0.29, 0.717) is 0 Å². The second-order valence-corrected chi connectivity index (χ2v) is 6.85. The average Bonchev–Trinajstić information content (AvgIpc) is 2.81. The third-order valence-corrected chi connectivity index (χ3v) is 4.62. The van der Waals surface area contributed by atoms with Gasteiger partial charge in [-0.3, -0.25) is 19.4 Å². The minimum Gasteiger partial charge on any atom is -0.344 e. The molecule has 0 atom stereocenters. The first-order chi connectivity index (χ1) is 15.8. The first-order valence-corrected chi connectivity index (χ1v) is 9.61. The lowest BCUT2D eigenvalue weighted by Gasteiger charge is -2.23. The Balaban J connectivity index is 1.85. The van der Waals surface area contributed by atoms with Crippen LogP contribution >= 0.6 is 0 Å². The molecule has 6 nitrogen and oxygen atoms in total. The number of halogens is 4. The van der Waals surface area contributed by atoms with E-state index in [4.69, 9.17) is 0 Å². The van der Waals surface area contributed by atoms with Gasteiger partial charge < -0.3 is 10.2 Å². The van der Waals surface area contributed by atoms with E-state index in [2.05, 4.69) is 4.98 Å². The highest BCUT2D eigenvalue weighted by Crippen LogP contribution is 2.23. The summed E-state index contributed by atoms with van der Waals surface area (Å²) in [6.07, 6.45) is -0.459. The highest BCUT2D eigenvalue weighted by Gasteiger charge is 2.21. The summed E-state index contributed by atoms with van der Waals surface area (Å²) in [5.41, 5.74) is 0.306. The van der Waals surface area contributed by atoms with Gasteiger partial charge in [-0.25, -0.2) is 8.78 Å². The van der Waals surface area contributed by atoms with Crippen LogP contribution in [0.2, 0.25) is 0 Å². The molecule has 170 valence electrons. The molecule has 3 aromatic rings. The molecule has 0 radical (unpaired) electrons. The van der Waals surface area contributed by atoms with Crippen LogP contribution in [0.25, 0.3) is 0 Å². The minimum atomic E-state index is -3.27. The summed E-state index contributed by atoms with van der Waals surface area (Å²) in [7, 11) is 0. The first-order valence-electron chi connectivity index (χ1n) is 9.61. The average molecular weight is 459 g/mol. The van der Waals surface area contributed by atoms with E-state index in [1.807, 2.05) is 0 Å². The highest BCUT2D eigenvalue weighted by molar-refractivity contribution is 6.06. The fraction of sp³-hybridized carbons (Fsp3) is 0.130. The molecule has 33 heavy (non-hydrogen) atoms. The lowest BCUT2D eigenvalue weighted by molar-refractivity contribution is -0.131. The Labute approximate surface area is 185 Å². The Bertz CT molecular complexity index is 1170. The third-order valence-electron chi connectivity index (χ3n) is 4.62. The number of Topliss-reactive ketones (excluding diaryl/α,β-unsaturated/α-hetero) is 1. The molecule has 0 aliphatic carbocycles. The maximum atomic E-state index is 14.8. The molecule has 0 spiro atoms. The molecule has 0 unspecified atom stereocenters. The van der Waals surface area contributed by atoms with Crippen molar-refractivity contribution in [1.82, 2.24) is 10.3 Å². The zero-order valence-corrected chi connectivity index (χ0v) is 17.0. The van der Waals surface area contributed by atoms with Gasteiger partial charge in [0, 0.05) is 34.8 Å². The molecule has 0 aliphatic rings. The first kappa shape index (κ1) is 23.6. The summed E-state index contributed by atoms with van der Waals surface area (Å²) in [5, 5.41) is 1.75. The number of ketones is 1. The Morgan fingerprint density at radius 1 is 0.939 bits per heavy atom. The van der Waals surface area contributed by atoms with Gasteiger partial charge in [0.1, 0.15) is 11.6 Å². The monoisotopic (exact) mass is 459 g/mol. The molecule has 3 rings (SSSR count). The van der Waals surface area contributed by atoms with Crippen LogP contribution < -0.4 is 10.2 Å². The summed E-state index contributed by atoms with van der Waals surface area (Å²) >= 11 is 0. The van der Waals surface area contributed by atoms with Crippen molar-refractivity contribution in [2.75, 3.05) is 11.4 Å². The van der Waals surface area contributed by atoms with Crippen molar-refractivity contribution in [2.45, 2.75) is 13.0 Å². The van der Waals surface area contributed by atoms with Crippen molar-refractivity contribution in [1.29, 1.82) is 0 Å². The number of hydrogen-bond donors (Lipinski definition) is 1. The highest BCUT2D eigenvalue weighted by atomic mass is 19.3. The van der Waals surface area contributed by atoms with Gasteiger partial charge in [-0.15, -0.1) is 0 Å². The van der Waals surface area contributed by atoms with Gasteiger partial charge >= 0.3 is 6.43 Å². The number of nitrogens with one attached hydrogen (secondary N) is 1. The number of benzene rings is 2. The van der Waals surface area contributed by atoms with Crippen LogP contribution in [0.15, 0.2) is 67.0 Å². The van der Waals surface area contributed by atoms with Gasteiger partial charge in [0.15, 0.2) is 5.78 Å². The number of aromatic nitrogens is 1. The minimum absolute atomic E-state index is 0.0230. The van der Waals surface area contributed by atoms with Crippen LogP contribution in [0, 0.1) is 11.6 Å². The molecule has 0 bridgehead atoms. The predicted octanol–water partition coefficient (Wildman–Crippen LogP) is 3.77. The molecule has 1 N–H and O–H groups in total.